The standard InChI is InChI=1S/C49H62N4O9/c1-7-49(4,47(56)62-35-15-10-8-12-32-59-44-30-20-38(21-31-44)37-18-26-43(27-19-37)53(57)58)36-48(2,3)46(55)61-34-14-11-9-13-33-60-45(54)39-16-22-40(23-17-39)50-51-41-24-28-42(29-25-41)52(5)6/h16-31H,7-15,32-36H2,1-6H3. The number of esters is 3. The minimum atomic E-state index is -0.873. The highest BCUT2D eigenvalue weighted by molar-refractivity contribution is 5.89. The number of benzene rings is 4. The van der Waals surface area contributed by atoms with Crippen LogP contribution in [-0.4, -0.2) is 63.4 Å². The van der Waals surface area contributed by atoms with Crippen LogP contribution in [0.2, 0.25) is 0 Å². The van der Waals surface area contributed by atoms with Gasteiger partial charge in [0, 0.05) is 31.9 Å². The Morgan fingerprint density at radius 2 is 1.08 bits per heavy atom. The van der Waals surface area contributed by atoms with Gasteiger partial charge < -0.3 is 23.8 Å². The second kappa shape index (κ2) is 24.4. The van der Waals surface area contributed by atoms with Crippen molar-refractivity contribution in [1.82, 2.24) is 0 Å². The van der Waals surface area contributed by atoms with Crippen LogP contribution in [-0.2, 0) is 23.8 Å². The normalized spacial score (nSPS) is 12.4. The fourth-order valence-corrected chi connectivity index (χ4v) is 6.76. The van der Waals surface area contributed by atoms with Crippen LogP contribution in [0.1, 0.15) is 102 Å². The number of unbranched alkanes of at least 4 members (excludes halogenated alkanes) is 6. The van der Waals surface area contributed by atoms with Gasteiger partial charge in [-0.2, -0.15) is 10.2 Å². The Hall–Kier alpha value is -6.11. The van der Waals surface area contributed by atoms with Crippen molar-refractivity contribution in [2.75, 3.05) is 45.4 Å². The van der Waals surface area contributed by atoms with Crippen LogP contribution >= 0.6 is 0 Å². The van der Waals surface area contributed by atoms with Gasteiger partial charge in [-0.1, -0.05) is 19.1 Å². The fraction of sp³-hybridized carbons (Fsp3) is 0.449. The highest BCUT2D eigenvalue weighted by Crippen LogP contribution is 2.39. The van der Waals surface area contributed by atoms with Gasteiger partial charge in [-0.05, 0) is 169 Å². The maximum Gasteiger partial charge on any atom is 0.338 e. The largest absolute Gasteiger partial charge is 0.494 e. The van der Waals surface area contributed by atoms with Gasteiger partial charge in [-0.3, -0.25) is 19.7 Å². The maximum absolute atomic E-state index is 13.2. The average Bonchev–Trinajstić information content (AvgIpc) is 3.27. The van der Waals surface area contributed by atoms with Crippen molar-refractivity contribution in [3.05, 3.63) is 113 Å². The Morgan fingerprint density at radius 1 is 0.613 bits per heavy atom. The Bertz CT molecular complexity index is 2050. The van der Waals surface area contributed by atoms with E-state index < -0.39 is 21.7 Å². The van der Waals surface area contributed by atoms with Crippen molar-refractivity contribution in [2.45, 2.75) is 91.9 Å². The molecule has 0 aromatic heterocycles. The highest BCUT2D eigenvalue weighted by atomic mass is 16.6. The Labute approximate surface area is 366 Å². The summed E-state index contributed by atoms with van der Waals surface area (Å²) in [5, 5.41) is 19.4. The molecule has 0 N–H and O–H groups in total. The second-order valence-corrected chi connectivity index (χ2v) is 16.5. The van der Waals surface area contributed by atoms with E-state index in [2.05, 4.69) is 10.2 Å². The molecule has 0 heterocycles. The quantitative estimate of drug-likeness (QED) is 0.0149. The molecule has 4 aromatic rings. The summed E-state index contributed by atoms with van der Waals surface area (Å²) >= 11 is 0. The predicted molar refractivity (Wildman–Crippen MR) is 241 cm³/mol. The summed E-state index contributed by atoms with van der Waals surface area (Å²) in [5.41, 5.74) is 3.10. The Morgan fingerprint density at radius 3 is 1.58 bits per heavy atom. The number of nitro groups is 1. The summed E-state index contributed by atoms with van der Waals surface area (Å²) in [6, 6.07) is 28.6. The average molecular weight is 851 g/mol. The van der Waals surface area contributed by atoms with Crippen LogP contribution in [0, 0.1) is 20.9 Å². The van der Waals surface area contributed by atoms with Gasteiger partial charge >= 0.3 is 17.9 Å². The zero-order valence-electron chi connectivity index (χ0n) is 37.1. The lowest BCUT2D eigenvalue weighted by molar-refractivity contribution is -0.384. The molecule has 0 amide bonds. The third-order valence-electron chi connectivity index (χ3n) is 10.7. The minimum absolute atomic E-state index is 0.0600. The zero-order chi connectivity index (χ0) is 45.0. The van der Waals surface area contributed by atoms with E-state index in [1.165, 1.54) is 12.1 Å². The number of nitro benzene ring substituents is 1. The topological polar surface area (TPSA) is 159 Å². The number of azo groups is 1. The SMILES string of the molecule is CCC(C)(CC(C)(C)C(=O)OCCCCCCOC(=O)c1ccc(N=Nc2ccc(N(C)C)cc2)cc1)C(=O)OCCCCCCOc1ccc(-c2ccc([N+](=O)[O-])cc2)cc1. The van der Waals surface area contributed by atoms with Crippen LogP contribution in [0.25, 0.3) is 11.1 Å². The molecule has 0 aliphatic carbocycles. The minimum Gasteiger partial charge on any atom is -0.494 e. The van der Waals surface area contributed by atoms with Crippen molar-refractivity contribution in [1.29, 1.82) is 0 Å². The third kappa shape index (κ3) is 15.7. The lowest BCUT2D eigenvalue weighted by Gasteiger charge is -2.33. The van der Waals surface area contributed by atoms with Crippen molar-refractivity contribution >= 4 is 40.7 Å². The number of ether oxygens (including phenoxy) is 4. The molecule has 0 aliphatic rings. The molecule has 0 fully saturated rings. The molecule has 1 unspecified atom stereocenters. The summed E-state index contributed by atoms with van der Waals surface area (Å²) in [5.74, 6) is -0.281. The number of carbonyl (C=O) groups excluding carboxylic acids is 3. The van der Waals surface area contributed by atoms with E-state index in [4.69, 9.17) is 18.9 Å². The molecule has 0 bridgehead atoms. The van der Waals surface area contributed by atoms with Crippen LogP contribution in [0.4, 0.5) is 22.7 Å². The van der Waals surface area contributed by atoms with E-state index in [0.717, 1.165) is 66.8 Å². The van der Waals surface area contributed by atoms with Crippen molar-refractivity contribution in [2.24, 2.45) is 21.1 Å². The summed E-state index contributed by atoms with van der Waals surface area (Å²) < 4.78 is 22.6. The lowest BCUT2D eigenvalue weighted by Crippen LogP contribution is -2.38. The first-order chi connectivity index (χ1) is 29.7. The molecule has 0 saturated carbocycles. The van der Waals surface area contributed by atoms with Crippen molar-refractivity contribution in [3.8, 4) is 16.9 Å². The number of carbonyl (C=O) groups is 3. The first-order valence-corrected chi connectivity index (χ1v) is 21.5. The molecule has 0 spiro atoms. The van der Waals surface area contributed by atoms with Crippen LogP contribution in [0.5, 0.6) is 5.75 Å². The fourth-order valence-electron chi connectivity index (χ4n) is 6.76. The molecule has 0 aliphatic heterocycles. The van der Waals surface area contributed by atoms with E-state index >= 15 is 0 Å². The Balaban J connectivity index is 1.03. The van der Waals surface area contributed by atoms with Gasteiger partial charge in [0.25, 0.3) is 5.69 Å². The summed E-state index contributed by atoms with van der Waals surface area (Å²) in [6.45, 7) is 8.85. The zero-order valence-corrected chi connectivity index (χ0v) is 37.1. The predicted octanol–water partition coefficient (Wildman–Crippen LogP) is 12.0. The molecule has 0 saturated heterocycles. The summed E-state index contributed by atoms with van der Waals surface area (Å²) in [7, 11) is 3.95. The van der Waals surface area contributed by atoms with Gasteiger partial charge in [0.15, 0.2) is 0 Å². The van der Waals surface area contributed by atoms with Crippen molar-refractivity contribution < 1.29 is 38.3 Å². The number of hydrogen-bond acceptors (Lipinski definition) is 12. The van der Waals surface area contributed by atoms with Crippen LogP contribution in [0.3, 0.4) is 0 Å². The smallest absolute Gasteiger partial charge is 0.338 e. The molecule has 62 heavy (non-hydrogen) atoms. The highest BCUT2D eigenvalue weighted by Gasteiger charge is 2.42. The van der Waals surface area contributed by atoms with Gasteiger partial charge in [-0.25, -0.2) is 4.79 Å². The summed E-state index contributed by atoms with van der Waals surface area (Å²) in [4.78, 5) is 51.3. The molecule has 1 atom stereocenters. The van der Waals surface area contributed by atoms with E-state index in [1.807, 2.05) is 95.2 Å². The van der Waals surface area contributed by atoms with E-state index in [1.54, 1.807) is 36.4 Å². The molecule has 0 radical (unpaired) electrons. The van der Waals surface area contributed by atoms with Gasteiger partial charge in [0.2, 0.25) is 0 Å². The summed E-state index contributed by atoms with van der Waals surface area (Å²) in [6.07, 6.45) is 7.26. The maximum atomic E-state index is 13.2. The first-order valence-electron chi connectivity index (χ1n) is 21.5. The van der Waals surface area contributed by atoms with Crippen LogP contribution < -0.4 is 9.64 Å². The van der Waals surface area contributed by atoms with Gasteiger partial charge in [-0.15, -0.1) is 0 Å². The number of hydrogen-bond donors (Lipinski definition) is 0. The number of rotatable bonds is 26. The third-order valence-corrected chi connectivity index (χ3v) is 10.7. The molecular weight excluding hydrogens is 789 g/mol. The van der Waals surface area contributed by atoms with Crippen molar-refractivity contribution in [3.63, 3.8) is 0 Å². The van der Waals surface area contributed by atoms with E-state index in [9.17, 15) is 24.5 Å². The molecule has 13 heteroatoms. The molecule has 13 nitrogen and oxygen atoms in total. The molecular formula is C49H62N4O9. The molecule has 4 rings (SSSR count). The lowest BCUT2D eigenvalue weighted by atomic mass is 9.72. The molecule has 4 aromatic carbocycles. The van der Waals surface area contributed by atoms with Crippen LogP contribution in [0.15, 0.2) is 107 Å². The number of anilines is 1. The number of non-ortho nitro benzene ring substituents is 1. The van der Waals surface area contributed by atoms with Gasteiger partial charge in [0.1, 0.15) is 5.75 Å². The first kappa shape index (κ1) is 48.6. The second-order valence-electron chi connectivity index (χ2n) is 16.5. The monoisotopic (exact) mass is 850 g/mol. The Kier molecular flexibility index (Phi) is 19.1. The van der Waals surface area contributed by atoms with E-state index in [-0.39, 0.29) is 24.2 Å². The number of nitrogens with zero attached hydrogens (tertiary/aromatic N) is 4. The van der Waals surface area contributed by atoms with Gasteiger partial charge in [0.05, 0.1) is 59.1 Å². The van der Waals surface area contributed by atoms with E-state index in [0.29, 0.717) is 56.8 Å². The molecule has 332 valence electrons.